The minimum Gasteiger partial charge on any atom is -0.370 e. The quantitative estimate of drug-likeness (QED) is 0.603. The number of nitrogens with zero attached hydrogens (tertiary/aromatic N) is 4. The Labute approximate surface area is 139 Å². The summed E-state index contributed by atoms with van der Waals surface area (Å²) in [5.41, 5.74) is 5.29. The third-order valence-electron chi connectivity index (χ3n) is 3.97. The number of imidazole rings is 1. The number of alkyl halides is 2. The largest absolute Gasteiger partial charge is 0.370 e. The lowest BCUT2D eigenvalue weighted by atomic mass is 9.95. The van der Waals surface area contributed by atoms with Gasteiger partial charge in [-0.2, -0.15) is 8.78 Å². The highest BCUT2D eigenvalue weighted by Gasteiger charge is 2.23. The van der Waals surface area contributed by atoms with E-state index in [0.29, 0.717) is 25.5 Å². The fourth-order valence-corrected chi connectivity index (χ4v) is 2.92. The molecule has 24 heavy (non-hydrogen) atoms. The minimum absolute atomic E-state index is 0.0661. The summed E-state index contributed by atoms with van der Waals surface area (Å²) in [7, 11) is 0. The first-order valence-electron chi connectivity index (χ1n) is 8.12. The van der Waals surface area contributed by atoms with Gasteiger partial charge in [0.2, 0.25) is 5.91 Å². The standard InChI is InChI=1S/C15H24F2N6O/c1-2-19-15(21-9-13-20-5-7-23(13)14(16)17)22-6-3-4-11(10-22)8-12(18)24/h5,7,11,14H,2-4,6,8-10H2,1H3,(H2,18,24)(H,19,21). The van der Waals surface area contributed by atoms with Gasteiger partial charge in [0.1, 0.15) is 12.4 Å². The van der Waals surface area contributed by atoms with Crippen LogP contribution in [0.1, 0.15) is 38.6 Å². The number of amides is 1. The Morgan fingerprint density at radius 1 is 1.58 bits per heavy atom. The zero-order chi connectivity index (χ0) is 17.5. The van der Waals surface area contributed by atoms with E-state index in [-0.39, 0.29) is 24.2 Å². The molecule has 0 aliphatic carbocycles. The molecule has 1 aromatic rings. The minimum atomic E-state index is -2.63. The van der Waals surface area contributed by atoms with Gasteiger partial charge in [-0.1, -0.05) is 0 Å². The highest BCUT2D eigenvalue weighted by molar-refractivity contribution is 5.80. The number of rotatable bonds is 6. The number of carbonyl (C=O) groups excluding carboxylic acids is 1. The van der Waals surface area contributed by atoms with Crippen molar-refractivity contribution in [2.45, 2.75) is 39.3 Å². The Hall–Kier alpha value is -2.19. The van der Waals surface area contributed by atoms with Crippen LogP contribution in [0.3, 0.4) is 0 Å². The van der Waals surface area contributed by atoms with E-state index in [1.807, 2.05) is 6.92 Å². The first-order chi connectivity index (χ1) is 11.5. The van der Waals surface area contributed by atoms with Crippen molar-refractivity contribution in [3.8, 4) is 0 Å². The van der Waals surface area contributed by atoms with E-state index < -0.39 is 6.55 Å². The van der Waals surface area contributed by atoms with Gasteiger partial charge in [0, 0.05) is 38.4 Å². The van der Waals surface area contributed by atoms with Crippen LogP contribution in [0.25, 0.3) is 0 Å². The summed E-state index contributed by atoms with van der Waals surface area (Å²) in [5, 5.41) is 3.17. The predicted molar refractivity (Wildman–Crippen MR) is 86.4 cm³/mol. The summed E-state index contributed by atoms with van der Waals surface area (Å²) in [4.78, 5) is 21.6. The zero-order valence-electron chi connectivity index (χ0n) is 13.8. The van der Waals surface area contributed by atoms with Crippen molar-refractivity contribution >= 4 is 11.9 Å². The molecule has 1 aromatic heterocycles. The van der Waals surface area contributed by atoms with Crippen LogP contribution >= 0.6 is 0 Å². The number of piperidine rings is 1. The summed E-state index contributed by atoms with van der Waals surface area (Å²) in [5.74, 6) is 0.757. The second-order valence-electron chi connectivity index (χ2n) is 5.82. The molecule has 1 unspecified atom stereocenters. The normalized spacial score (nSPS) is 18.9. The van der Waals surface area contributed by atoms with E-state index in [0.717, 1.165) is 24.0 Å². The Bertz CT molecular complexity index is 574. The molecule has 1 aliphatic heterocycles. The van der Waals surface area contributed by atoms with E-state index in [1.54, 1.807) is 0 Å². The number of carbonyl (C=O) groups is 1. The molecule has 1 atom stereocenters. The van der Waals surface area contributed by atoms with Crippen molar-refractivity contribution in [3.63, 3.8) is 0 Å². The summed E-state index contributed by atoms with van der Waals surface area (Å²) in [6, 6.07) is 0. The van der Waals surface area contributed by atoms with Crippen molar-refractivity contribution in [1.82, 2.24) is 19.8 Å². The Balaban J connectivity index is 2.07. The van der Waals surface area contributed by atoms with E-state index in [9.17, 15) is 13.6 Å². The summed E-state index contributed by atoms with van der Waals surface area (Å²) in [6.07, 6.45) is 4.83. The Morgan fingerprint density at radius 2 is 2.38 bits per heavy atom. The zero-order valence-corrected chi connectivity index (χ0v) is 13.8. The molecular formula is C15H24F2N6O. The first-order valence-corrected chi connectivity index (χ1v) is 8.12. The van der Waals surface area contributed by atoms with Gasteiger partial charge in [-0.3, -0.25) is 9.36 Å². The molecule has 0 bridgehead atoms. The van der Waals surface area contributed by atoms with Crippen LogP contribution in [-0.4, -0.2) is 46.0 Å². The van der Waals surface area contributed by atoms with Gasteiger partial charge in [-0.05, 0) is 25.7 Å². The maximum absolute atomic E-state index is 12.9. The molecule has 0 spiro atoms. The van der Waals surface area contributed by atoms with Crippen LogP contribution in [0.2, 0.25) is 0 Å². The number of likely N-dealkylation sites (tertiary alicyclic amines) is 1. The monoisotopic (exact) mass is 342 g/mol. The van der Waals surface area contributed by atoms with Gasteiger partial charge in [-0.25, -0.2) is 9.98 Å². The lowest BCUT2D eigenvalue weighted by molar-refractivity contribution is -0.119. The fraction of sp³-hybridized carbons (Fsp3) is 0.667. The molecule has 1 amide bonds. The lowest BCUT2D eigenvalue weighted by Gasteiger charge is -2.34. The molecule has 3 N–H and O–H groups in total. The van der Waals surface area contributed by atoms with Gasteiger partial charge in [0.05, 0.1) is 0 Å². The summed E-state index contributed by atoms with van der Waals surface area (Å²) >= 11 is 0. The van der Waals surface area contributed by atoms with E-state index in [2.05, 4.69) is 20.2 Å². The molecule has 0 radical (unpaired) electrons. The smallest absolute Gasteiger partial charge is 0.319 e. The molecule has 2 rings (SSSR count). The third kappa shape index (κ3) is 4.90. The summed E-state index contributed by atoms with van der Waals surface area (Å²) in [6.45, 7) is 1.54. The molecular weight excluding hydrogens is 318 g/mol. The number of guanidine groups is 1. The van der Waals surface area contributed by atoms with Crippen molar-refractivity contribution in [2.75, 3.05) is 19.6 Å². The predicted octanol–water partition coefficient (Wildman–Crippen LogP) is 1.33. The number of nitrogens with two attached hydrogens (primary N) is 1. The van der Waals surface area contributed by atoms with Gasteiger partial charge in [0.25, 0.3) is 0 Å². The van der Waals surface area contributed by atoms with Gasteiger partial charge < -0.3 is 16.0 Å². The number of aliphatic imine (C=N–C) groups is 1. The molecule has 7 nitrogen and oxygen atoms in total. The van der Waals surface area contributed by atoms with Crippen LogP contribution in [0.15, 0.2) is 17.4 Å². The van der Waals surface area contributed by atoms with E-state index in [1.165, 1.54) is 12.4 Å². The number of halogens is 2. The molecule has 2 heterocycles. The molecule has 0 saturated carbocycles. The fourth-order valence-electron chi connectivity index (χ4n) is 2.92. The molecule has 0 aromatic carbocycles. The third-order valence-corrected chi connectivity index (χ3v) is 3.97. The average molecular weight is 342 g/mol. The van der Waals surface area contributed by atoms with E-state index >= 15 is 0 Å². The number of primary amides is 1. The van der Waals surface area contributed by atoms with Crippen LogP contribution in [0.4, 0.5) is 8.78 Å². The van der Waals surface area contributed by atoms with Gasteiger partial charge >= 0.3 is 6.55 Å². The summed E-state index contributed by atoms with van der Waals surface area (Å²) < 4.78 is 26.5. The maximum atomic E-state index is 12.9. The number of hydrogen-bond donors (Lipinski definition) is 2. The number of hydrogen-bond acceptors (Lipinski definition) is 3. The van der Waals surface area contributed by atoms with Gasteiger partial charge in [-0.15, -0.1) is 0 Å². The van der Waals surface area contributed by atoms with Crippen molar-refractivity contribution in [2.24, 2.45) is 16.6 Å². The Morgan fingerprint density at radius 3 is 3.04 bits per heavy atom. The molecule has 1 aliphatic rings. The molecule has 9 heteroatoms. The SMILES string of the molecule is CCNC(=NCc1nccn1C(F)F)N1CCCC(CC(N)=O)C1. The van der Waals surface area contributed by atoms with E-state index in [4.69, 9.17) is 5.73 Å². The van der Waals surface area contributed by atoms with Crippen molar-refractivity contribution in [3.05, 3.63) is 18.2 Å². The lowest BCUT2D eigenvalue weighted by Crippen LogP contribution is -2.47. The molecule has 1 saturated heterocycles. The number of nitrogens with one attached hydrogen (secondary N) is 1. The molecule has 134 valence electrons. The highest BCUT2D eigenvalue weighted by atomic mass is 19.3. The van der Waals surface area contributed by atoms with Crippen LogP contribution in [0.5, 0.6) is 0 Å². The van der Waals surface area contributed by atoms with Gasteiger partial charge in [0.15, 0.2) is 5.96 Å². The van der Waals surface area contributed by atoms with Crippen molar-refractivity contribution in [1.29, 1.82) is 0 Å². The topological polar surface area (TPSA) is 88.5 Å². The average Bonchev–Trinajstić information content (AvgIpc) is 2.99. The second kappa shape index (κ2) is 8.60. The van der Waals surface area contributed by atoms with Crippen molar-refractivity contribution < 1.29 is 13.6 Å². The van der Waals surface area contributed by atoms with Crippen LogP contribution in [0, 0.1) is 5.92 Å². The first kappa shape index (κ1) is 18.2. The number of aromatic nitrogens is 2. The Kier molecular flexibility index (Phi) is 6.51. The second-order valence-corrected chi connectivity index (χ2v) is 5.82. The maximum Gasteiger partial charge on any atom is 0.319 e. The molecule has 1 fully saturated rings. The van der Waals surface area contributed by atoms with Crippen LogP contribution < -0.4 is 11.1 Å². The van der Waals surface area contributed by atoms with Crippen LogP contribution in [-0.2, 0) is 11.3 Å². The highest BCUT2D eigenvalue weighted by Crippen LogP contribution is 2.20.